The van der Waals surface area contributed by atoms with Crippen molar-refractivity contribution < 1.29 is 4.48 Å². The second-order valence-corrected chi connectivity index (χ2v) is 9.96. The minimum Gasteiger partial charge on any atom is -0.325 e. The Morgan fingerprint density at radius 2 is 0.844 bits per heavy atom. The van der Waals surface area contributed by atoms with E-state index in [1.54, 1.807) is 10.9 Å². The number of benzene rings is 2. The summed E-state index contributed by atoms with van der Waals surface area (Å²) in [6, 6.07) is 18.7. The Balaban J connectivity index is 0.000000482. The van der Waals surface area contributed by atoms with E-state index in [2.05, 4.69) is 104 Å². The van der Waals surface area contributed by atoms with E-state index in [1.165, 1.54) is 80.1 Å². The van der Waals surface area contributed by atoms with E-state index in [0.717, 1.165) is 0 Å². The lowest BCUT2D eigenvalue weighted by Gasteiger charge is -2.42. The lowest BCUT2D eigenvalue weighted by atomic mass is 9.15. The summed E-state index contributed by atoms with van der Waals surface area (Å²) in [5.41, 5.74) is 5.82. The fraction of sp³-hybridized carbons (Fsp3) is 0.600. The van der Waals surface area contributed by atoms with Crippen LogP contribution in [0.15, 0.2) is 48.5 Å². The van der Waals surface area contributed by atoms with Crippen LogP contribution in [-0.4, -0.2) is 36.8 Å². The smallest absolute Gasteiger partial charge is 0.0757 e. The lowest BCUT2D eigenvalue weighted by Crippen LogP contribution is -2.58. The third-order valence-electron chi connectivity index (χ3n) is 8.22. The van der Waals surface area contributed by atoms with Crippen molar-refractivity contribution in [3.05, 3.63) is 59.7 Å². The van der Waals surface area contributed by atoms with Crippen LogP contribution in [0.1, 0.15) is 78.4 Å². The number of quaternary nitrogens is 1. The predicted molar refractivity (Wildman–Crippen MR) is 149 cm³/mol. The molecule has 0 atom stereocenters. The van der Waals surface area contributed by atoms with Gasteiger partial charge in [0.25, 0.3) is 0 Å². The van der Waals surface area contributed by atoms with E-state index < -0.39 is 6.15 Å². The second kappa shape index (κ2) is 14.6. The molecule has 2 rings (SSSR count). The van der Waals surface area contributed by atoms with Crippen LogP contribution in [0.4, 0.5) is 0 Å². The fourth-order valence-corrected chi connectivity index (χ4v) is 5.32. The molecule has 2 aromatic carbocycles. The highest BCUT2D eigenvalue weighted by Gasteiger charge is 2.26. The molecular weight excluding hydrogens is 385 g/mol. The molecule has 0 radical (unpaired) electrons. The molecule has 0 aliphatic carbocycles. The molecule has 180 valence electrons. The van der Waals surface area contributed by atoms with Crippen LogP contribution < -0.4 is 10.9 Å². The van der Waals surface area contributed by atoms with Gasteiger partial charge in [-0.15, -0.1) is 0 Å². The Hall–Kier alpha value is -1.54. The summed E-state index contributed by atoms with van der Waals surface area (Å²) in [4.78, 5) is 0. The Bertz CT molecular complexity index is 655. The van der Waals surface area contributed by atoms with E-state index in [4.69, 9.17) is 0 Å². The molecule has 0 heterocycles. The maximum absolute atomic E-state index is 2.39. The zero-order chi connectivity index (χ0) is 24.0. The van der Waals surface area contributed by atoms with Crippen LogP contribution in [0, 0.1) is 13.8 Å². The lowest BCUT2D eigenvalue weighted by molar-refractivity contribution is -0.921. The summed E-state index contributed by atoms with van der Waals surface area (Å²) in [5.74, 6) is 0. The molecule has 0 N–H and O–H groups in total. The zero-order valence-corrected chi connectivity index (χ0v) is 22.7. The maximum atomic E-state index is 2.39. The van der Waals surface area contributed by atoms with Gasteiger partial charge in [0.2, 0.25) is 0 Å². The average molecular weight is 438 g/mol. The highest BCUT2D eigenvalue weighted by molar-refractivity contribution is 7.02. The van der Waals surface area contributed by atoms with E-state index >= 15 is 0 Å². The van der Waals surface area contributed by atoms with Crippen LogP contribution in [-0.2, 0) is 0 Å². The molecule has 0 aromatic heterocycles. The molecule has 0 bridgehead atoms. The molecule has 0 saturated heterocycles. The fourth-order valence-electron chi connectivity index (χ4n) is 5.32. The van der Waals surface area contributed by atoms with Crippen LogP contribution >= 0.6 is 0 Å². The molecule has 0 spiro atoms. The number of unbranched alkanes of at least 4 members (excludes halogenated alkanes) is 2. The first kappa shape index (κ1) is 28.5. The molecule has 0 aliphatic heterocycles. The maximum Gasteiger partial charge on any atom is 0.0757 e. The number of hydrogen-bond donors (Lipinski definition) is 0. The van der Waals surface area contributed by atoms with Gasteiger partial charge >= 0.3 is 0 Å². The average Bonchev–Trinajstić information content (AvgIpc) is 2.83. The van der Waals surface area contributed by atoms with E-state index in [9.17, 15) is 0 Å². The van der Waals surface area contributed by atoms with Crippen LogP contribution in [0.3, 0.4) is 0 Å². The van der Waals surface area contributed by atoms with Gasteiger partial charge in [-0.25, -0.2) is 10.9 Å². The van der Waals surface area contributed by atoms with Crippen LogP contribution in [0.5, 0.6) is 0 Å². The first-order valence-corrected chi connectivity index (χ1v) is 13.5. The molecule has 0 fully saturated rings. The van der Waals surface area contributed by atoms with Gasteiger partial charge in [0.05, 0.1) is 32.3 Å². The number of aryl methyl sites for hydroxylation is 2. The van der Waals surface area contributed by atoms with Crippen molar-refractivity contribution in [1.82, 2.24) is 0 Å². The predicted octanol–water partition coefficient (Wildman–Crippen LogP) is 7.35. The van der Waals surface area contributed by atoms with Crippen molar-refractivity contribution in [1.29, 1.82) is 0 Å². The van der Waals surface area contributed by atoms with Gasteiger partial charge in [-0.05, 0) is 41.5 Å². The van der Waals surface area contributed by atoms with Crippen molar-refractivity contribution >= 4 is 17.1 Å². The second-order valence-electron chi connectivity index (χ2n) is 9.96. The monoisotopic (exact) mass is 437 g/mol. The summed E-state index contributed by atoms with van der Waals surface area (Å²) >= 11 is 0. The number of nitrogens with zero attached hydrogens (tertiary/aromatic N) is 1. The summed E-state index contributed by atoms with van der Waals surface area (Å²) in [5, 5.41) is 0. The summed E-state index contributed by atoms with van der Waals surface area (Å²) in [6.07, 6.45) is 7.14. The highest BCUT2D eigenvalue weighted by Crippen LogP contribution is 2.23. The normalized spacial score (nSPS) is 11.8. The summed E-state index contributed by atoms with van der Waals surface area (Å²) in [6.45, 7) is 23.2. The molecule has 0 saturated carbocycles. The van der Waals surface area contributed by atoms with Crippen molar-refractivity contribution in [3.8, 4) is 0 Å². The molecule has 32 heavy (non-hydrogen) atoms. The van der Waals surface area contributed by atoms with Gasteiger partial charge in [-0.2, -0.15) is 12.6 Å². The van der Waals surface area contributed by atoms with Gasteiger partial charge in [-0.1, -0.05) is 99.2 Å². The Morgan fingerprint density at radius 1 is 0.531 bits per heavy atom. The largest absolute Gasteiger partial charge is 0.325 e. The van der Waals surface area contributed by atoms with Crippen molar-refractivity contribution in [2.75, 3.05) is 26.2 Å². The van der Waals surface area contributed by atoms with Crippen LogP contribution in [0.2, 0.25) is 12.6 Å². The minimum atomic E-state index is -0.640. The topological polar surface area (TPSA) is 0 Å². The third kappa shape index (κ3) is 7.80. The summed E-state index contributed by atoms with van der Waals surface area (Å²) in [7, 11) is 0. The molecule has 0 aliphatic rings. The minimum absolute atomic E-state index is 0.640. The van der Waals surface area contributed by atoms with Gasteiger partial charge in [0.1, 0.15) is 0 Å². The molecule has 0 unspecified atom stereocenters. The van der Waals surface area contributed by atoms with E-state index in [1.807, 2.05) is 0 Å². The van der Waals surface area contributed by atoms with E-state index in [0.29, 0.717) is 0 Å². The molecule has 1 nitrogen and oxygen atoms in total. The number of hydrogen-bond acceptors (Lipinski definition) is 0. The Labute approximate surface area is 201 Å². The summed E-state index contributed by atoms with van der Waals surface area (Å²) < 4.78 is 1.28. The third-order valence-corrected chi connectivity index (χ3v) is 8.22. The standard InChI is InChI=1S/C22H32B.C8H20N/c1-5-7-17-23(18-8-6-2,21-13-9-19(3)10-14-21)22-15-11-20(4)12-16-22;1-5-9(6-2,7-3)8-4/h9-16H,5-8,17-18H2,1-4H3;5-8H2,1-4H3/q-1;+1. The van der Waals surface area contributed by atoms with Crippen molar-refractivity contribution in [2.45, 2.75) is 93.7 Å². The first-order chi connectivity index (χ1) is 15.4. The molecule has 0 amide bonds. The molecule has 2 heteroatoms. The SMILES string of the molecule is CCCC[B-](CCCC)(c1ccc(C)cc1)c1ccc(C)cc1.CC[N+](CC)(CC)CC. The quantitative estimate of drug-likeness (QED) is 0.241. The van der Waals surface area contributed by atoms with Crippen molar-refractivity contribution in [3.63, 3.8) is 0 Å². The molecular formula is C30H52BN. The first-order valence-electron chi connectivity index (χ1n) is 13.5. The number of rotatable bonds is 12. The highest BCUT2D eigenvalue weighted by atomic mass is 15.3. The van der Waals surface area contributed by atoms with Gasteiger partial charge in [-0.3, -0.25) is 0 Å². The van der Waals surface area contributed by atoms with Gasteiger partial charge < -0.3 is 4.48 Å². The molecule has 2 aromatic rings. The van der Waals surface area contributed by atoms with Crippen molar-refractivity contribution in [2.24, 2.45) is 0 Å². The Kier molecular flexibility index (Phi) is 13.0. The van der Waals surface area contributed by atoms with E-state index in [-0.39, 0.29) is 0 Å². The Morgan fingerprint density at radius 3 is 1.06 bits per heavy atom. The zero-order valence-electron chi connectivity index (χ0n) is 22.7. The van der Waals surface area contributed by atoms with Gasteiger partial charge in [0, 0.05) is 0 Å². The van der Waals surface area contributed by atoms with Gasteiger partial charge in [0.15, 0.2) is 0 Å². The van der Waals surface area contributed by atoms with Crippen LogP contribution in [0.25, 0.3) is 0 Å².